The van der Waals surface area contributed by atoms with E-state index in [1.165, 1.54) is 0 Å². The molecule has 1 atom stereocenters. The van der Waals surface area contributed by atoms with Crippen LogP contribution in [0.25, 0.3) is 0 Å². The maximum Gasteiger partial charge on any atom is 0.313 e. The number of aliphatic carboxylic acids is 1. The molecule has 0 amide bonds. The Morgan fingerprint density at radius 3 is 2.50 bits per heavy atom. The van der Waals surface area contributed by atoms with Gasteiger partial charge in [-0.2, -0.15) is 0 Å². The molecular weight excluding hydrogens is 184 g/mol. The Hall–Kier alpha value is -1.39. The molecule has 0 spiro atoms. The highest BCUT2D eigenvalue weighted by molar-refractivity contribution is 5.76. The highest BCUT2D eigenvalue weighted by Crippen LogP contribution is 2.15. The van der Waals surface area contributed by atoms with Gasteiger partial charge in [0, 0.05) is 0 Å². The summed E-state index contributed by atoms with van der Waals surface area (Å²) in [7, 11) is 0. The Bertz CT molecular complexity index is 283. The normalized spacial score (nSPS) is 12.4. The average molecular weight is 196 g/mol. The summed E-state index contributed by atoms with van der Waals surface area (Å²) in [4.78, 5) is 10.8. The van der Waals surface area contributed by atoms with Gasteiger partial charge in [0.05, 0.1) is 6.61 Å². The zero-order valence-corrected chi connectivity index (χ0v) is 7.59. The van der Waals surface area contributed by atoms with Gasteiger partial charge >= 0.3 is 5.97 Å². The molecule has 1 unspecified atom stereocenters. The molecule has 0 saturated carbocycles. The fraction of sp³-hybridized carbons (Fsp3) is 0.300. The van der Waals surface area contributed by atoms with Gasteiger partial charge in [0.15, 0.2) is 0 Å². The zero-order valence-electron chi connectivity index (χ0n) is 7.59. The third kappa shape index (κ3) is 2.83. The number of ether oxygens (including phenoxy) is 1. The lowest BCUT2D eigenvalue weighted by atomic mass is 10.0. The van der Waals surface area contributed by atoms with Gasteiger partial charge in [-0.15, -0.1) is 0 Å². The second-order valence-corrected chi connectivity index (χ2v) is 2.80. The minimum Gasteiger partial charge on any atom is -0.481 e. The summed E-state index contributed by atoms with van der Waals surface area (Å²) in [5.74, 6) is -1.67. The zero-order chi connectivity index (χ0) is 10.4. The van der Waals surface area contributed by atoms with Crippen LogP contribution in [0.4, 0.5) is 0 Å². The molecule has 0 aliphatic heterocycles. The first-order valence-corrected chi connectivity index (χ1v) is 4.22. The number of carboxylic acids is 1. The molecular formula is C10H12O4. The summed E-state index contributed by atoms with van der Waals surface area (Å²) in [6.45, 7) is -0.480. The van der Waals surface area contributed by atoms with Crippen molar-refractivity contribution in [2.75, 3.05) is 13.4 Å². The van der Waals surface area contributed by atoms with Crippen LogP contribution in [0.2, 0.25) is 0 Å². The molecule has 0 heterocycles. The summed E-state index contributed by atoms with van der Waals surface area (Å²) in [6.07, 6.45) is 0. The van der Waals surface area contributed by atoms with Crippen molar-refractivity contribution in [3.8, 4) is 0 Å². The smallest absolute Gasteiger partial charge is 0.313 e. The minimum absolute atomic E-state index is 0.0180. The van der Waals surface area contributed by atoms with Crippen LogP contribution in [0, 0.1) is 0 Å². The molecule has 0 bridgehead atoms. The molecule has 1 rings (SSSR count). The highest BCUT2D eigenvalue weighted by Gasteiger charge is 2.19. The molecule has 2 N–H and O–H groups in total. The summed E-state index contributed by atoms with van der Waals surface area (Å²) < 4.78 is 4.69. The van der Waals surface area contributed by atoms with Gasteiger partial charge in [-0.3, -0.25) is 4.79 Å². The fourth-order valence-corrected chi connectivity index (χ4v) is 1.17. The predicted octanol–water partition coefficient (Wildman–Crippen LogP) is 0.821. The van der Waals surface area contributed by atoms with E-state index in [2.05, 4.69) is 4.74 Å². The standard InChI is InChI=1S/C10H12O4/c11-7-14-6-9(10(12)13)8-4-2-1-3-5-8/h1-5,9,11H,6-7H2,(H,12,13). The highest BCUT2D eigenvalue weighted by atomic mass is 16.6. The number of benzene rings is 1. The van der Waals surface area contributed by atoms with Crippen LogP contribution in [0.15, 0.2) is 30.3 Å². The van der Waals surface area contributed by atoms with E-state index in [1.54, 1.807) is 24.3 Å². The maximum atomic E-state index is 10.8. The van der Waals surface area contributed by atoms with Crippen molar-refractivity contribution in [3.63, 3.8) is 0 Å². The lowest BCUT2D eigenvalue weighted by molar-refractivity contribution is -0.141. The van der Waals surface area contributed by atoms with Crippen molar-refractivity contribution >= 4 is 5.97 Å². The Labute approximate surface area is 81.8 Å². The van der Waals surface area contributed by atoms with Crippen LogP contribution in [-0.2, 0) is 9.53 Å². The number of rotatable bonds is 5. The van der Waals surface area contributed by atoms with Gasteiger partial charge in [0.25, 0.3) is 0 Å². The van der Waals surface area contributed by atoms with E-state index in [9.17, 15) is 4.79 Å². The second kappa shape index (κ2) is 5.36. The third-order valence-electron chi connectivity index (χ3n) is 1.88. The molecule has 1 aromatic carbocycles. The van der Waals surface area contributed by atoms with Crippen molar-refractivity contribution in [2.45, 2.75) is 5.92 Å². The molecule has 4 nitrogen and oxygen atoms in total. The Morgan fingerprint density at radius 2 is 2.00 bits per heavy atom. The van der Waals surface area contributed by atoms with Gasteiger partial charge < -0.3 is 14.9 Å². The Kier molecular flexibility index (Phi) is 4.10. The predicted molar refractivity (Wildman–Crippen MR) is 49.9 cm³/mol. The van der Waals surface area contributed by atoms with E-state index in [1.807, 2.05) is 6.07 Å². The molecule has 1 aromatic rings. The fourth-order valence-electron chi connectivity index (χ4n) is 1.17. The molecule has 0 saturated heterocycles. The van der Waals surface area contributed by atoms with E-state index in [-0.39, 0.29) is 6.61 Å². The Balaban J connectivity index is 2.73. The topological polar surface area (TPSA) is 66.8 Å². The molecule has 0 aliphatic carbocycles. The molecule has 0 radical (unpaired) electrons. The SMILES string of the molecule is O=C(O)C(COCO)c1ccccc1. The van der Waals surface area contributed by atoms with Crippen LogP contribution in [0.3, 0.4) is 0 Å². The van der Waals surface area contributed by atoms with Crippen LogP contribution >= 0.6 is 0 Å². The molecule has 4 heteroatoms. The lowest BCUT2D eigenvalue weighted by Gasteiger charge is -2.11. The van der Waals surface area contributed by atoms with Crippen molar-refractivity contribution in [1.82, 2.24) is 0 Å². The van der Waals surface area contributed by atoms with E-state index in [0.717, 1.165) is 0 Å². The van der Waals surface area contributed by atoms with E-state index >= 15 is 0 Å². The number of aliphatic hydroxyl groups is 1. The summed E-state index contributed by atoms with van der Waals surface area (Å²) in [5.41, 5.74) is 0.674. The van der Waals surface area contributed by atoms with Crippen molar-refractivity contribution in [2.24, 2.45) is 0 Å². The van der Waals surface area contributed by atoms with E-state index in [4.69, 9.17) is 10.2 Å². The molecule has 76 valence electrons. The molecule has 0 aliphatic rings. The quantitative estimate of drug-likeness (QED) is 0.684. The maximum absolute atomic E-state index is 10.8. The number of hydrogen-bond acceptors (Lipinski definition) is 3. The van der Waals surface area contributed by atoms with Gasteiger partial charge in [-0.1, -0.05) is 30.3 Å². The number of carboxylic acid groups (broad SMARTS) is 1. The molecule has 0 fully saturated rings. The van der Waals surface area contributed by atoms with Crippen LogP contribution in [0.1, 0.15) is 11.5 Å². The number of hydrogen-bond donors (Lipinski definition) is 2. The summed E-state index contributed by atoms with van der Waals surface area (Å²) in [5, 5.41) is 17.3. The second-order valence-electron chi connectivity index (χ2n) is 2.80. The first-order valence-electron chi connectivity index (χ1n) is 4.22. The molecule has 14 heavy (non-hydrogen) atoms. The van der Waals surface area contributed by atoms with Crippen molar-refractivity contribution in [3.05, 3.63) is 35.9 Å². The number of carbonyl (C=O) groups is 1. The van der Waals surface area contributed by atoms with E-state index in [0.29, 0.717) is 5.56 Å². The van der Waals surface area contributed by atoms with E-state index < -0.39 is 18.7 Å². The van der Waals surface area contributed by atoms with Gasteiger partial charge in [0.2, 0.25) is 0 Å². The largest absolute Gasteiger partial charge is 0.481 e. The van der Waals surface area contributed by atoms with Crippen LogP contribution < -0.4 is 0 Å². The number of aliphatic hydroxyl groups excluding tert-OH is 1. The average Bonchev–Trinajstić information content (AvgIpc) is 2.19. The van der Waals surface area contributed by atoms with Crippen LogP contribution in [0.5, 0.6) is 0 Å². The molecule has 0 aromatic heterocycles. The van der Waals surface area contributed by atoms with Gasteiger partial charge in [-0.05, 0) is 5.56 Å². The summed E-state index contributed by atoms with van der Waals surface area (Å²) >= 11 is 0. The van der Waals surface area contributed by atoms with Crippen molar-refractivity contribution in [1.29, 1.82) is 0 Å². The van der Waals surface area contributed by atoms with Crippen LogP contribution in [-0.4, -0.2) is 29.6 Å². The minimum atomic E-state index is -0.954. The summed E-state index contributed by atoms with van der Waals surface area (Å²) in [6, 6.07) is 8.79. The first kappa shape index (κ1) is 10.7. The van der Waals surface area contributed by atoms with Crippen molar-refractivity contribution < 1.29 is 19.7 Å². The monoisotopic (exact) mass is 196 g/mol. The van der Waals surface area contributed by atoms with Gasteiger partial charge in [0.1, 0.15) is 12.7 Å². The first-order chi connectivity index (χ1) is 6.75. The third-order valence-corrected chi connectivity index (χ3v) is 1.88. The Morgan fingerprint density at radius 1 is 1.36 bits per heavy atom. The van der Waals surface area contributed by atoms with Gasteiger partial charge in [-0.25, -0.2) is 0 Å². The lowest BCUT2D eigenvalue weighted by Crippen LogP contribution is -2.17.